The second-order valence-corrected chi connectivity index (χ2v) is 6.63. The van der Waals surface area contributed by atoms with Gasteiger partial charge in [0.15, 0.2) is 0 Å². The number of morpholine rings is 1. The smallest absolute Gasteiger partial charge is 0.252 e. The summed E-state index contributed by atoms with van der Waals surface area (Å²) in [5, 5.41) is 5.45. The molecule has 0 aliphatic carbocycles. The summed E-state index contributed by atoms with van der Waals surface area (Å²) in [4.78, 5) is 19.8. The van der Waals surface area contributed by atoms with Crippen molar-refractivity contribution in [3.8, 4) is 0 Å². The third-order valence-electron chi connectivity index (χ3n) is 3.80. The fourth-order valence-electron chi connectivity index (χ4n) is 2.58. The van der Waals surface area contributed by atoms with Crippen molar-refractivity contribution in [2.75, 3.05) is 32.8 Å². The Labute approximate surface area is 144 Å². The minimum Gasteiger partial charge on any atom is -0.379 e. The molecule has 1 atom stereocenters. The van der Waals surface area contributed by atoms with Crippen LogP contribution in [0.3, 0.4) is 0 Å². The van der Waals surface area contributed by atoms with E-state index in [1.165, 1.54) is 11.1 Å². The topological polar surface area (TPSA) is 54.5 Å². The molecule has 5 nitrogen and oxygen atoms in total. The molecule has 2 aromatic heterocycles. The van der Waals surface area contributed by atoms with Crippen LogP contribution in [0.2, 0.25) is 5.15 Å². The van der Waals surface area contributed by atoms with Crippen molar-refractivity contribution in [1.82, 2.24) is 15.2 Å². The second-order valence-electron chi connectivity index (χ2n) is 5.26. The molecule has 1 N–H and O–H groups in total. The Morgan fingerprint density at radius 2 is 2.22 bits per heavy atom. The molecule has 2 aromatic rings. The number of hydrogen-bond acceptors (Lipinski definition) is 5. The lowest BCUT2D eigenvalue weighted by atomic mass is 10.1. The standard InChI is InChI=1S/C16H18ClN3O2S/c17-15-4-3-12(10-18-15)16(21)19-11-13(14-2-1-9-23-14)20-5-7-22-8-6-20/h1-4,9-10,13H,5-8,11H2,(H,19,21)/t13-/m1/s1. The number of thiophene rings is 1. The normalized spacial score (nSPS) is 16.9. The molecule has 0 saturated carbocycles. The largest absolute Gasteiger partial charge is 0.379 e. The maximum Gasteiger partial charge on any atom is 0.252 e. The quantitative estimate of drug-likeness (QED) is 0.841. The molecule has 0 spiro atoms. The van der Waals surface area contributed by atoms with Crippen LogP contribution >= 0.6 is 22.9 Å². The SMILES string of the molecule is O=C(NC[C@H](c1cccs1)N1CCOCC1)c1ccc(Cl)nc1. The molecule has 3 rings (SSSR count). The molecule has 3 heterocycles. The van der Waals surface area contributed by atoms with Gasteiger partial charge in [0.25, 0.3) is 5.91 Å². The molecular weight excluding hydrogens is 334 g/mol. The first-order valence-corrected chi connectivity index (χ1v) is 8.75. The summed E-state index contributed by atoms with van der Waals surface area (Å²) < 4.78 is 5.43. The van der Waals surface area contributed by atoms with E-state index in [2.05, 4.69) is 26.6 Å². The number of hydrogen-bond donors (Lipinski definition) is 1. The van der Waals surface area contributed by atoms with Crippen molar-refractivity contribution in [3.05, 3.63) is 51.4 Å². The number of nitrogens with one attached hydrogen (secondary N) is 1. The predicted octanol–water partition coefficient (Wildman–Crippen LogP) is 2.60. The van der Waals surface area contributed by atoms with E-state index in [0.29, 0.717) is 17.3 Å². The van der Waals surface area contributed by atoms with Crippen molar-refractivity contribution in [2.45, 2.75) is 6.04 Å². The molecule has 0 unspecified atom stereocenters. The molecule has 1 saturated heterocycles. The lowest BCUT2D eigenvalue weighted by Crippen LogP contribution is -2.43. The zero-order chi connectivity index (χ0) is 16.1. The van der Waals surface area contributed by atoms with Crippen molar-refractivity contribution >= 4 is 28.8 Å². The fourth-order valence-corrected chi connectivity index (χ4v) is 3.55. The van der Waals surface area contributed by atoms with Gasteiger partial charge in [0.05, 0.1) is 24.8 Å². The summed E-state index contributed by atoms with van der Waals surface area (Å²) in [6.45, 7) is 3.78. The van der Waals surface area contributed by atoms with E-state index in [4.69, 9.17) is 16.3 Å². The molecule has 1 aliphatic heterocycles. The van der Waals surface area contributed by atoms with E-state index in [1.807, 2.05) is 6.07 Å². The number of aromatic nitrogens is 1. The fraction of sp³-hybridized carbons (Fsp3) is 0.375. The Kier molecular flexibility index (Phi) is 5.61. The Bertz CT molecular complexity index is 627. The Morgan fingerprint density at radius 1 is 1.39 bits per heavy atom. The van der Waals surface area contributed by atoms with Crippen LogP contribution in [0, 0.1) is 0 Å². The second kappa shape index (κ2) is 7.88. The third kappa shape index (κ3) is 4.29. The van der Waals surface area contributed by atoms with Crippen LogP contribution in [0.5, 0.6) is 0 Å². The monoisotopic (exact) mass is 351 g/mol. The zero-order valence-electron chi connectivity index (χ0n) is 12.6. The van der Waals surface area contributed by atoms with Crippen LogP contribution in [0.1, 0.15) is 21.3 Å². The van der Waals surface area contributed by atoms with Crippen LogP contribution in [-0.4, -0.2) is 48.6 Å². The molecule has 1 aliphatic rings. The van der Waals surface area contributed by atoms with Crippen LogP contribution in [0.15, 0.2) is 35.8 Å². The summed E-state index contributed by atoms with van der Waals surface area (Å²) >= 11 is 7.46. The predicted molar refractivity (Wildman–Crippen MR) is 91.0 cm³/mol. The van der Waals surface area contributed by atoms with E-state index < -0.39 is 0 Å². The molecule has 0 bridgehead atoms. The van der Waals surface area contributed by atoms with E-state index in [-0.39, 0.29) is 11.9 Å². The van der Waals surface area contributed by atoms with Crippen LogP contribution in [0.4, 0.5) is 0 Å². The van der Waals surface area contributed by atoms with Gasteiger partial charge in [-0.3, -0.25) is 9.69 Å². The van der Waals surface area contributed by atoms with E-state index in [0.717, 1.165) is 26.3 Å². The maximum absolute atomic E-state index is 12.3. The van der Waals surface area contributed by atoms with E-state index in [9.17, 15) is 4.79 Å². The maximum atomic E-state index is 12.3. The molecule has 7 heteroatoms. The third-order valence-corrected chi connectivity index (χ3v) is 5.00. The molecule has 23 heavy (non-hydrogen) atoms. The minimum atomic E-state index is -0.135. The van der Waals surface area contributed by atoms with Gasteiger partial charge in [0.2, 0.25) is 0 Å². The first-order valence-electron chi connectivity index (χ1n) is 7.49. The summed E-state index contributed by atoms with van der Waals surface area (Å²) in [6, 6.07) is 7.62. The van der Waals surface area contributed by atoms with Crippen molar-refractivity contribution < 1.29 is 9.53 Å². The number of carbonyl (C=O) groups is 1. The van der Waals surface area contributed by atoms with E-state index in [1.54, 1.807) is 23.5 Å². The minimum absolute atomic E-state index is 0.135. The number of halogens is 1. The number of ether oxygens (including phenoxy) is 1. The van der Waals surface area contributed by atoms with Gasteiger partial charge in [-0.1, -0.05) is 17.7 Å². The van der Waals surface area contributed by atoms with Crippen LogP contribution in [0.25, 0.3) is 0 Å². The molecule has 1 fully saturated rings. The number of pyridine rings is 1. The highest BCUT2D eigenvalue weighted by molar-refractivity contribution is 7.10. The van der Waals surface area contributed by atoms with Gasteiger partial charge in [0.1, 0.15) is 5.15 Å². The highest BCUT2D eigenvalue weighted by atomic mass is 35.5. The molecular formula is C16H18ClN3O2S. The molecule has 0 aromatic carbocycles. The van der Waals surface area contributed by atoms with Gasteiger partial charge in [-0.15, -0.1) is 11.3 Å². The van der Waals surface area contributed by atoms with E-state index >= 15 is 0 Å². The Morgan fingerprint density at radius 3 is 2.87 bits per heavy atom. The highest BCUT2D eigenvalue weighted by Crippen LogP contribution is 2.25. The van der Waals surface area contributed by atoms with Gasteiger partial charge < -0.3 is 10.1 Å². The molecule has 1 amide bonds. The first kappa shape index (κ1) is 16.4. The van der Waals surface area contributed by atoms with Gasteiger partial charge in [-0.25, -0.2) is 4.98 Å². The Hall–Kier alpha value is -1.47. The van der Waals surface area contributed by atoms with Crippen molar-refractivity contribution in [3.63, 3.8) is 0 Å². The average Bonchev–Trinajstić information content (AvgIpc) is 3.11. The molecule has 0 radical (unpaired) electrons. The number of nitrogens with zero attached hydrogens (tertiary/aromatic N) is 2. The van der Waals surface area contributed by atoms with Gasteiger partial charge >= 0.3 is 0 Å². The number of carbonyl (C=O) groups excluding carboxylic acids is 1. The first-order chi connectivity index (χ1) is 11.2. The van der Waals surface area contributed by atoms with Crippen LogP contribution in [-0.2, 0) is 4.74 Å². The summed E-state index contributed by atoms with van der Waals surface area (Å²) in [5.74, 6) is -0.135. The lowest BCUT2D eigenvalue weighted by Gasteiger charge is -2.34. The van der Waals surface area contributed by atoms with Crippen molar-refractivity contribution in [1.29, 1.82) is 0 Å². The van der Waals surface area contributed by atoms with Gasteiger partial charge in [-0.2, -0.15) is 0 Å². The van der Waals surface area contributed by atoms with Crippen LogP contribution < -0.4 is 5.32 Å². The van der Waals surface area contributed by atoms with Crippen molar-refractivity contribution in [2.24, 2.45) is 0 Å². The van der Waals surface area contributed by atoms with Gasteiger partial charge in [-0.05, 0) is 23.6 Å². The number of amides is 1. The number of rotatable bonds is 5. The molecule has 122 valence electrons. The van der Waals surface area contributed by atoms with Gasteiger partial charge in [0, 0.05) is 30.7 Å². The zero-order valence-corrected chi connectivity index (χ0v) is 14.1. The summed E-state index contributed by atoms with van der Waals surface area (Å²) in [5.41, 5.74) is 0.515. The Balaban J connectivity index is 1.66. The average molecular weight is 352 g/mol. The summed E-state index contributed by atoms with van der Waals surface area (Å²) in [6.07, 6.45) is 1.49. The summed E-state index contributed by atoms with van der Waals surface area (Å²) in [7, 11) is 0. The highest BCUT2D eigenvalue weighted by Gasteiger charge is 2.24. The lowest BCUT2D eigenvalue weighted by molar-refractivity contribution is 0.0169.